The molecule has 8 nitrogen and oxygen atoms in total. The normalized spacial score (nSPS) is 29.2. The molecule has 0 aliphatic carbocycles. The molecule has 0 amide bonds. The Labute approximate surface area is 148 Å². The highest BCUT2D eigenvalue weighted by atomic mass is 16.1. The number of nitrogens with zero attached hydrogens (tertiary/aromatic N) is 3. The van der Waals surface area contributed by atoms with Crippen LogP contribution in [0, 0.1) is 0 Å². The van der Waals surface area contributed by atoms with E-state index in [1.54, 1.807) is 7.05 Å². The van der Waals surface area contributed by atoms with Gasteiger partial charge in [0.1, 0.15) is 0 Å². The number of likely N-dealkylation sites (N-methyl/N-ethyl adjacent to an activating group) is 1. The van der Waals surface area contributed by atoms with Crippen LogP contribution in [0.3, 0.4) is 0 Å². The molecule has 1 aromatic rings. The molecule has 0 spiro atoms. The van der Waals surface area contributed by atoms with Crippen molar-refractivity contribution in [2.75, 3.05) is 20.1 Å². The number of ketones is 2. The van der Waals surface area contributed by atoms with E-state index >= 15 is 0 Å². The molecular formula is C17H30N6O2. The van der Waals surface area contributed by atoms with Gasteiger partial charge in [-0.1, -0.05) is 5.21 Å². The van der Waals surface area contributed by atoms with Gasteiger partial charge in [-0.3, -0.25) is 19.6 Å². The minimum atomic E-state index is -0.854. The molecular weight excluding hydrogens is 320 g/mol. The molecule has 0 aromatic carbocycles. The Bertz CT molecular complexity index is 616. The summed E-state index contributed by atoms with van der Waals surface area (Å²) in [5.41, 5.74) is 4.97. The molecule has 25 heavy (non-hydrogen) atoms. The van der Waals surface area contributed by atoms with Gasteiger partial charge in [-0.25, -0.2) is 0 Å². The van der Waals surface area contributed by atoms with Crippen LogP contribution in [0.25, 0.3) is 0 Å². The summed E-state index contributed by atoms with van der Waals surface area (Å²) in [6, 6.07) is 0. The van der Waals surface area contributed by atoms with Gasteiger partial charge in [-0.05, 0) is 53.0 Å². The molecule has 8 heteroatoms. The summed E-state index contributed by atoms with van der Waals surface area (Å²) < 4.78 is 1.83. The number of aryl methyl sites for hydroxylation is 2. The number of aromatic nitrogens is 3. The predicted octanol–water partition coefficient (Wildman–Crippen LogP) is -0.182. The first-order valence-corrected chi connectivity index (χ1v) is 8.92. The highest BCUT2D eigenvalue weighted by molar-refractivity contribution is 5.92. The molecule has 0 saturated heterocycles. The molecule has 0 unspecified atom stereocenters. The van der Waals surface area contributed by atoms with Gasteiger partial charge in [0.25, 0.3) is 0 Å². The molecule has 2 rings (SSSR count). The lowest BCUT2D eigenvalue weighted by molar-refractivity contribution is -0.126. The summed E-state index contributed by atoms with van der Waals surface area (Å²) in [5.74, 6) is -0.0501. The summed E-state index contributed by atoms with van der Waals surface area (Å²) in [5, 5.41) is 14.6. The van der Waals surface area contributed by atoms with Gasteiger partial charge in [0.05, 0.1) is 29.9 Å². The molecule has 4 N–H and O–H groups in total. The molecule has 2 atom stereocenters. The molecule has 1 aromatic heterocycles. The van der Waals surface area contributed by atoms with E-state index in [4.69, 9.17) is 5.73 Å². The van der Waals surface area contributed by atoms with E-state index in [0.717, 1.165) is 31.5 Å². The molecule has 0 fully saturated rings. The van der Waals surface area contributed by atoms with Crippen molar-refractivity contribution in [1.82, 2.24) is 25.6 Å². The average Bonchev–Trinajstić information content (AvgIpc) is 3.07. The van der Waals surface area contributed by atoms with Crippen molar-refractivity contribution in [2.24, 2.45) is 5.73 Å². The number of Topliss-reactive ketones (excluding diaryl/α,β-unsaturated/α-hetero) is 2. The standard InChI is InChI=1S/C17H30N6O2/c1-16(19-3)7-4-5-9-23-12-13(21-22-23)6-8-17(2,14(24)10-18)20-11-15(16)25/h12,19-20H,4-11,18H2,1-3H3/t16-,17-/m0/s1. The molecule has 0 saturated carbocycles. The van der Waals surface area contributed by atoms with Crippen LogP contribution >= 0.6 is 0 Å². The maximum absolute atomic E-state index is 12.8. The van der Waals surface area contributed by atoms with Crippen LogP contribution in [0.15, 0.2) is 6.20 Å². The quantitative estimate of drug-likeness (QED) is 0.692. The monoisotopic (exact) mass is 350 g/mol. The minimum absolute atomic E-state index is 0.0555. The van der Waals surface area contributed by atoms with Gasteiger partial charge in [-0.2, -0.15) is 0 Å². The van der Waals surface area contributed by atoms with Crippen molar-refractivity contribution in [1.29, 1.82) is 0 Å². The summed E-state index contributed by atoms with van der Waals surface area (Å²) in [7, 11) is 1.80. The summed E-state index contributed by atoms with van der Waals surface area (Å²) in [6.45, 7) is 4.57. The van der Waals surface area contributed by atoms with Crippen molar-refractivity contribution in [3.05, 3.63) is 11.9 Å². The van der Waals surface area contributed by atoms with Gasteiger partial charge >= 0.3 is 0 Å². The van der Waals surface area contributed by atoms with Crippen LogP contribution in [0.5, 0.6) is 0 Å². The molecule has 2 bridgehead atoms. The fraction of sp³-hybridized carbons (Fsp3) is 0.765. The van der Waals surface area contributed by atoms with Gasteiger partial charge in [0.15, 0.2) is 11.6 Å². The van der Waals surface area contributed by atoms with Crippen LogP contribution in [0.1, 0.15) is 45.2 Å². The molecule has 1 aliphatic heterocycles. The molecule has 1 aliphatic rings. The van der Waals surface area contributed by atoms with Gasteiger partial charge in [-0.15, -0.1) is 5.10 Å². The zero-order chi connectivity index (χ0) is 18.5. The van der Waals surface area contributed by atoms with Crippen LogP contribution in [0.4, 0.5) is 0 Å². The van der Waals surface area contributed by atoms with E-state index in [9.17, 15) is 9.59 Å². The van der Waals surface area contributed by atoms with Crippen LogP contribution in [-0.2, 0) is 22.6 Å². The Balaban J connectivity index is 2.24. The SMILES string of the molecule is CN[C@@]1(C)CCCCn2cc(nn2)CC[C@@](C)(C(=O)CN)NCC1=O. The molecule has 0 radical (unpaired) electrons. The van der Waals surface area contributed by atoms with Gasteiger partial charge in [0.2, 0.25) is 0 Å². The van der Waals surface area contributed by atoms with E-state index in [1.165, 1.54) is 0 Å². The first kappa shape index (κ1) is 19.7. The number of rotatable bonds is 3. The topological polar surface area (TPSA) is 115 Å². The maximum Gasteiger partial charge on any atom is 0.166 e. The number of carbonyl (C=O) groups excluding carboxylic acids is 2. The lowest BCUT2D eigenvalue weighted by Crippen LogP contribution is -2.58. The number of fused-ring (bicyclic) bond motifs is 2. The van der Waals surface area contributed by atoms with Crippen molar-refractivity contribution in [2.45, 2.75) is 63.6 Å². The second-order valence-corrected chi connectivity index (χ2v) is 7.25. The van der Waals surface area contributed by atoms with E-state index in [-0.39, 0.29) is 24.7 Å². The third-order valence-electron chi connectivity index (χ3n) is 5.39. The fourth-order valence-electron chi connectivity index (χ4n) is 3.12. The summed E-state index contributed by atoms with van der Waals surface area (Å²) in [6.07, 6.45) is 5.62. The lowest BCUT2D eigenvalue weighted by Gasteiger charge is -2.32. The number of nitrogens with one attached hydrogen (secondary N) is 2. The smallest absolute Gasteiger partial charge is 0.166 e. The molecule has 2 heterocycles. The fourth-order valence-corrected chi connectivity index (χ4v) is 3.12. The maximum atomic E-state index is 12.8. The van der Waals surface area contributed by atoms with Crippen molar-refractivity contribution >= 4 is 11.6 Å². The highest BCUT2D eigenvalue weighted by Gasteiger charge is 2.36. The van der Waals surface area contributed by atoms with Crippen LogP contribution in [-0.4, -0.2) is 57.8 Å². The third-order valence-corrected chi connectivity index (χ3v) is 5.39. The van der Waals surface area contributed by atoms with Crippen molar-refractivity contribution in [3.63, 3.8) is 0 Å². The predicted molar refractivity (Wildman–Crippen MR) is 95.1 cm³/mol. The Morgan fingerprint density at radius 2 is 2.16 bits per heavy atom. The van der Waals surface area contributed by atoms with E-state index < -0.39 is 11.1 Å². The number of hydrogen-bond donors (Lipinski definition) is 3. The lowest BCUT2D eigenvalue weighted by atomic mass is 9.87. The Morgan fingerprint density at radius 1 is 1.40 bits per heavy atom. The zero-order valence-electron chi connectivity index (χ0n) is 15.5. The Morgan fingerprint density at radius 3 is 2.84 bits per heavy atom. The van der Waals surface area contributed by atoms with E-state index in [0.29, 0.717) is 12.8 Å². The van der Waals surface area contributed by atoms with Gasteiger partial charge < -0.3 is 11.1 Å². The van der Waals surface area contributed by atoms with Crippen molar-refractivity contribution in [3.8, 4) is 0 Å². The van der Waals surface area contributed by atoms with Crippen LogP contribution in [0.2, 0.25) is 0 Å². The largest absolute Gasteiger partial charge is 0.324 e. The number of carbonyl (C=O) groups is 2. The highest BCUT2D eigenvalue weighted by Crippen LogP contribution is 2.19. The van der Waals surface area contributed by atoms with Gasteiger partial charge in [0, 0.05) is 12.7 Å². The summed E-state index contributed by atoms with van der Waals surface area (Å²) >= 11 is 0. The Hall–Kier alpha value is -1.64. The first-order valence-electron chi connectivity index (χ1n) is 8.92. The Kier molecular flexibility index (Phi) is 6.42. The number of nitrogens with two attached hydrogens (primary N) is 1. The molecule has 140 valence electrons. The summed E-state index contributed by atoms with van der Waals surface area (Å²) in [4.78, 5) is 25.1. The van der Waals surface area contributed by atoms with E-state index in [1.807, 2.05) is 24.7 Å². The second kappa shape index (κ2) is 8.16. The first-order chi connectivity index (χ1) is 11.8. The number of hydrogen-bond acceptors (Lipinski definition) is 7. The van der Waals surface area contributed by atoms with Crippen LogP contribution < -0.4 is 16.4 Å². The van der Waals surface area contributed by atoms with E-state index in [2.05, 4.69) is 20.9 Å². The average molecular weight is 350 g/mol. The minimum Gasteiger partial charge on any atom is -0.324 e. The zero-order valence-corrected chi connectivity index (χ0v) is 15.5. The third kappa shape index (κ3) is 4.71. The second-order valence-electron chi connectivity index (χ2n) is 7.25. The van der Waals surface area contributed by atoms with Crippen molar-refractivity contribution < 1.29 is 9.59 Å².